The summed E-state index contributed by atoms with van der Waals surface area (Å²) in [4.78, 5) is 31.5. The normalized spacial score (nSPS) is 16.0. The SMILES string of the molecule is Cc1cc(=O)[nH]c(-c2cccc(NC(=O)C3CCc4nnc(C)n4C3)c2)n1. The lowest BCUT2D eigenvalue weighted by atomic mass is 9.98. The van der Waals surface area contributed by atoms with Crippen LogP contribution in [0.4, 0.5) is 5.69 Å². The van der Waals surface area contributed by atoms with E-state index in [1.165, 1.54) is 6.07 Å². The van der Waals surface area contributed by atoms with Crippen molar-refractivity contribution < 1.29 is 4.79 Å². The molecule has 8 nitrogen and oxygen atoms in total. The van der Waals surface area contributed by atoms with Crippen LogP contribution in [0.2, 0.25) is 0 Å². The van der Waals surface area contributed by atoms with Crippen LogP contribution in [0.5, 0.6) is 0 Å². The minimum absolute atomic E-state index is 0.0309. The molecule has 1 atom stereocenters. The van der Waals surface area contributed by atoms with E-state index in [2.05, 4.69) is 25.5 Å². The summed E-state index contributed by atoms with van der Waals surface area (Å²) in [6, 6.07) is 8.76. The second kappa shape index (κ2) is 6.79. The van der Waals surface area contributed by atoms with Crippen molar-refractivity contribution in [1.29, 1.82) is 0 Å². The number of aryl methyl sites for hydroxylation is 3. The Hall–Kier alpha value is -3.29. The summed E-state index contributed by atoms with van der Waals surface area (Å²) >= 11 is 0. The first kappa shape index (κ1) is 17.1. The molecule has 1 aliphatic heterocycles. The molecule has 1 unspecified atom stereocenters. The highest BCUT2D eigenvalue weighted by molar-refractivity contribution is 5.93. The van der Waals surface area contributed by atoms with E-state index in [9.17, 15) is 9.59 Å². The highest BCUT2D eigenvalue weighted by Crippen LogP contribution is 2.23. The number of hydrogen-bond donors (Lipinski definition) is 2. The number of H-pyrrole nitrogens is 1. The van der Waals surface area contributed by atoms with E-state index in [4.69, 9.17) is 0 Å². The zero-order valence-electron chi connectivity index (χ0n) is 15.2. The molecule has 0 aliphatic carbocycles. The Bertz CT molecular complexity index is 1070. The number of fused-ring (bicyclic) bond motifs is 1. The van der Waals surface area contributed by atoms with Crippen LogP contribution in [-0.4, -0.2) is 30.6 Å². The van der Waals surface area contributed by atoms with Crippen molar-refractivity contribution in [2.45, 2.75) is 33.2 Å². The molecule has 0 saturated heterocycles. The van der Waals surface area contributed by atoms with Crippen molar-refractivity contribution in [1.82, 2.24) is 24.7 Å². The largest absolute Gasteiger partial charge is 0.326 e. The highest BCUT2D eigenvalue weighted by atomic mass is 16.2. The summed E-state index contributed by atoms with van der Waals surface area (Å²) in [5, 5.41) is 11.2. The van der Waals surface area contributed by atoms with E-state index in [1.54, 1.807) is 6.92 Å². The molecule has 1 aromatic carbocycles. The molecule has 0 radical (unpaired) electrons. The van der Waals surface area contributed by atoms with Gasteiger partial charge >= 0.3 is 0 Å². The predicted molar refractivity (Wildman–Crippen MR) is 100 cm³/mol. The smallest absolute Gasteiger partial charge is 0.251 e. The topological polar surface area (TPSA) is 106 Å². The number of nitrogens with one attached hydrogen (secondary N) is 2. The Morgan fingerprint density at radius 1 is 1.26 bits per heavy atom. The lowest BCUT2D eigenvalue weighted by Gasteiger charge is -2.23. The van der Waals surface area contributed by atoms with Crippen molar-refractivity contribution in [3.63, 3.8) is 0 Å². The fourth-order valence-corrected chi connectivity index (χ4v) is 3.38. The molecule has 1 amide bonds. The molecule has 8 heteroatoms. The van der Waals surface area contributed by atoms with Gasteiger partial charge in [-0.3, -0.25) is 9.59 Å². The van der Waals surface area contributed by atoms with Crippen molar-refractivity contribution in [2.75, 3.05) is 5.32 Å². The molecule has 0 spiro atoms. The first-order valence-electron chi connectivity index (χ1n) is 8.87. The average molecular weight is 364 g/mol. The zero-order chi connectivity index (χ0) is 19.0. The molecule has 27 heavy (non-hydrogen) atoms. The van der Waals surface area contributed by atoms with Gasteiger partial charge in [-0.1, -0.05) is 12.1 Å². The van der Waals surface area contributed by atoms with Gasteiger partial charge in [-0.05, 0) is 32.4 Å². The Labute approximate surface area is 155 Å². The standard InChI is InChI=1S/C19H20N6O2/c1-11-8-17(26)22-18(20-11)13-4-3-5-15(9-13)21-19(27)14-6-7-16-24-23-12(2)25(16)10-14/h3-5,8-9,14H,6-7,10H2,1-2H3,(H,21,27)(H,20,22,26). The maximum Gasteiger partial charge on any atom is 0.251 e. The molecular formula is C19H20N6O2. The highest BCUT2D eigenvalue weighted by Gasteiger charge is 2.26. The van der Waals surface area contributed by atoms with Gasteiger partial charge in [0.15, 0.2) is 0 Å². The number of hydrogen-bond acceptors (Lipinski definition) is 5. The van der Waals surface area contributed by atoms with Crippen LogP contribution >= 0.6 is 0 Å². The molecule has 3 heterocycles. The summed E-state index contributed by atoms with van der Waals surface area (Å²) in [6.45, 7) is 4.26. The fraction of sp³-hybridized carbons (Fsp3) is 0.316. The first-order chi connectivity index (χ1) is 13.0. The lowest BCUT2D eigenvalue weighted by molar-refractivity contribution is -0.120. The third kappa shape index (κ3) is 3.51. The molecule has 0 fully saturated rings. The number of amides is 1. The number of nitrogens with zero attached hydrogens (tertiary/aromatic N) is 4. The minimum atomic E-state index is -0.200. The number of benzene rings is 1. The van der Waals surface area contributed by atoms with E-state index in [0.717, 1.165) is 30.1 Å². The fourth-order valence-electron chi connectivity index (χ4n) is 3.38. The van der Waals surface area contributed by atoms with Crippen LogP contribution in [0.1, 0.15) is 23.8 Å². The Morgan fingerprint density at radius 3 is 2.93 bits per heavy atom. The van der Waals surface area contributed by atoms with Gasteiger partial charge in [0.1, 0.15) is 17.5 Å². The molecule has 0 bridgehead atoms. The molecular weight excluding hydrogens is 344 g/mol. The first-order valence-corrected chi connectivity index (χ1v) is 8.87. The number of aromatic amines is 1. The van der Waals surface area contributed by atoms with Gasteiger partial charge in [0.05, 0.1) is 5.92 Å². The van der Waals surface area contributed by atoms with Crippen LogP contribution in [0.15, 0.2) is 35.1 Å². The summed E-state index contributed by atoms with van der Waals surface area (Å²) in [5.74, 6) is 2.09. The lowest BCUT2D eigenvalue weighted by Crippen LogP contribution is -2.31. The van der Waals surface area contributed by atoms with E-state index in [0.29, 0.717) is 23.8 Å². The molecule has 0 saturated carbocycles. The third-order valence-electron chi connectivity index (χ3n) is 4.78. The minimum Gasteiger partial charge on any atom is -0.326 e. The van der Waals surface area contributed by atoms with Crippen molar-refractivity contribution in [3.05, 3.63) is 58.0 Å². The van der Waals surface area contributed by atoms with Crippen LogP contribution in [0.25, 0.3) is 11.4 Å². The average Bonchev–Trinajstić information content (AvgIpc) is 3.01. The maximum absolute atomic E-state index is 12.7. The van der Waals surface area contributed by atoms with Gasteiger partial charge in [-0.2, -0.15) is 0 Å². The second-order valence-electron chi connectivity index (χ2n) is 6.82. The summed E-state index contributed by atoms with van der Waals surface area (Å²) in [5.41, 5.74) is 1.86. The molecule has 2 N–H and O–H groups in total. The number of carbonyl (C=O) groups excluding carboxylic acids is 1. The van der Waals surface area contributed by atoms with Crippen LogP contribution in [-0.2, 0) is 17.8 Å². The van der Waals surface area contributed by atoms with Gasteiger partial charge in [0.2, 0.25) is 5.91 Å². The van der Waals surface area contributed by atoms with E-state index >= 15 is 0 Å². The number of aromatic nitrogens is 5. The van der Waals surface area contributed by atoms with Crippen LogP contribution in [0.3, 0.4) is 0 Å². The Morgan fingerprint density at radius 2 is 2.11 bits per heavy atom. The summed E-state index contributed by atoms with van der Waals surface area (Å²) in [6.07, 6.45) is 1.49. The van der Waals surface area contributed by atoms with E-state index < -0.39 is 0 Å². The third-order valence-corrected chi connectivity index (χ3v) is 4.78. The molecule has 138 valence electrons. The number of rotatable bonds is 3. The molecule has 3 aromatic rings. The number of carbonyl (C=O) groups is 1. The van der Waals surface area contributed by atoms with Gasteiger partial charge in [-0.25, -0.2) is 4.98 Å². The van der Waals surface area contributed by atoms with E-state index in [1.807, 2.05) is 35.8 Å². The quantitative estimate of drug-likeness (QED) is 0.738. The van der Waals surface area contributed by atoms with Crippen molar-refractivity contribution in [2.24, 2.45) is 5.92 Å². The summed E-state index contributed by atoms with van der Waals surface area (Å²) < 4.78 is 2.01. The predicted octanol–water partition coefficient (Wildman–Crippen LogP) is 1.85. The van der Waals surface area contributed by atoms with Gasteiger partial charge in [-0.15, -0.1) is 10.2 Å². The molecule has 4 rings (SSSR count). The van der Waals surface area contributed by atoms with Gasteiger partial charge in [0, 0.05) is 36.0 Å². The Balaban J connectivity index is 1.52. The number of anilines is 1. The molecule has 1 aliphatic rings. The second-order valence-corrected chi connectivity index (χ2v) is 6.82. The Kier molecular flexibility index (Phi) is 4.31. The summed E-state index contributed by atoms with van der Waals surface area (Å²) in [7, 11) is 0. The van der Waals surface area contributed by atoms with Gasteiger partial charge < -0.3 is 14.9 Å². The van der Waals surface area contributed by atoms with Gasteiger partial charge in [0.25, 0.3) is 5.56 Å². The van der Waals surface area contributed by atoms with E-state index in [-0.39, 0.29) is 17.4 Å². The zero-order valence-corrected chi connectivity index (χ0v) is 15.2. The van der Waals surface area contributed by atoms with Crippen LogP contribution < -0.4 is 10.9 Å². The van der Waals surface area contributed by atoms with Crippen molar-refractivity contribution >= 4 is 11.6 Å². The van der Waals surface area contributed by atoms with Crippen molar-refractivity contribution in [3.8, 4) is 11.4 Å². The molecule has 2 aromatic heterocycles. The monoisotopic (exact) mass is 364 g/mol. The maximum atomic E-state index is 12.7. The van der Waals surface area contributed by atoms with Crippen LogP contribution in [0, 0.1) is 19.8 Å².